The molecule has 17 heavy (non-hydrogen) atoms. The number of methoxy groups -OCH3 is 1. The monoisotopic (exact) mass is 280 g/mol. The zero-order chi connectivity index (χ0) is 11.4. The lowest BCUT2D eigenvalue weighted by Gasteiger charge is -2.33. The summed E-state index contributed by atoms with van der Waals surface area (Å²) in [6.45, 7) is 2.56. The Balaban J connectivity index is 0.00000144. The molecule has 0 spiro atoms. The van der Waals surface area contributed by atoms with Crippen LogP contribution in [0.4, 0.5) is 0 Å². The zero-order valence-corrected chi connectivity index (χ0v) is 11.8. The number of likely N-dealkylation sites (tertiary alicyclic amines) is 1. The van der Waals surface area contributed by atoms with E-state index in [9.17, 15) is 4.79 Å². The molecule has 0 aromatic carbocycles. The van der Waals surface area contributed by atoms with Gasteiger partial charge in [0.15, 0.2) is 0 Å². The van der Waals surface area contributed by atoms with Crippen LogP contribution < -0.4 is 5.32 Å². The molecule has 2 aliphatic heterocycles. The lowest BCUT2D eigenvalue weighted by Crippen LogP contribution is -2.49. The van der Waals surface area contributed by atoms with E-state index in [1.807, 2.05) is 4.90 Å². The first-order valence-corrected chi connectivity index (χ1v) is 7.05. The molecule has 2 unspecified atom stereocenters. The molecule has 4 nitrogen and oxygen atoms in total. The van der Waals surface area contributed by atoms with E-state index >= 15 is 0 Å². The van der Waals surface area contributed by atoms with Crippen LogP contribution in [0.2, 0.25) is 0 Å². The molecular weight excluding hydrogens is 260 g/mol. The number of rotatable bonds is 3. The van der Waals surface area contributed by atoms with Crippen molar-refractivity contribution in [3.63, 3.8) is 0 Å². The van der Waals surface area contributed by atoms with Gasteiger partial charge in [-0.3, -0.25) is 10.1 Å². The van der Waals surface area contributed by atoms with Gasteiger partial charge >= 0.3 is 0 Å². The maximum absolute atomic E-state index is 12.2. The fourth-order valence-electron chi connectivity index (χ4n) is 2.41. The third-order valence-electron chi connectivity index (χ3n) is 3.25. The highest BCUT2D eigenvalue weighted by atomic mass is 35.5. The van der Waals surface area contributed by atoms with Gasteiger partial charge < -0.3 is 9.64 Å². The summed E-state index contributed by atoms with van der Waals surface area (Å²) in [6, 6.07) is 0.0475. The van der Waals surface area contributed by atoms with Crippen molar-refractivity contribution in [3.8, 4) is 0 Å². The Morgan fingerprint density at radius 3 is 3.06 bits per heavy atom. The summed E-state index contributed by atoms with van der Waals surface area (Å²) < 4.78 is 5.18. The van der Waals surface area contributed by atoms with Gasteiger partial charge in [-0.25, -0.2) is 0 Å². The second-order valence-electron chi connectivity index (χ2n) is 4.52. The average Bonchev–Trinajstić information content (AvgIpc) is 2.82. The Kier molecular flexibility index (Phi) is 6.62. The Morgan fingerprint density at radius 2 is 2.41 bits per heavy atom. The van der Waals surface area contributed by atoms with Crippen molar-refractivity contribution in [2.75, 3.05) is 38.4 Å². The van der Waals surface area contributed by atoms with Gasteiger partial charge in [-0.1, -0.05) is 0 Å². The number of hydrogen-bond donors (Lipinski definition) is 1. The van der Waals surface area contributed by atoms with Crippen LogP contribution in [0.1, 0.15) is 12.8 Å². The van der Waals surface area contributed by atoms with Crippen molar-refractivity contribution in [1.29, 1.82) is 0 Å². The number of carbonyl (C=O) groups excluding carboxylic acids is 1. The third kappa shape index (κ3) is 4.02. The van der Waals surface area contributed by atoms with E-state index in [0.717, 1.165) is 37.7 Å². The van der Waals surface area contributed by atoms with Crippen LogP contribution >= 0.6 is 24.2 Å². The molecule has 2 atom stereocenters. The van der Waals surface area contributed by atoms with Crippen molar-refractivity contribution in [3.05, 3.63) is 0 Å². The lowest BCUT2D eigenvalue weighted by atomic mass is 9.98. The van der Waals surface area contributed by atoms with Crippen LogP contribution in [0.25, 0.3) is 0 Å². The van der Waals surface area contributed by atoms with Gasteiger partial charge in [0.2, 0.25) is 5.91 Å². The first-order valence-electron chi connectivity index (χ1n) is 5.90. The van der Waals surface area contributed by atoms with E-state index in [0.29, 0.717) is 5.92 Å². The molecule has 1 N–H and O–H groups in total. The third-order valence-corrected chi connectivity index (χ3v) is 4.19. The van der Waals surface area contributed by atoms with Crippen LogP contribution in [0.3, 0.4) is 0 Å². The van der Waals surface area contributed by atoms with Crippen molar-refractivity contribution >= 4 is 30.1 Å². The molecule has 0 radical (unpaired) electrons. The molecule has 0 aromatic heterocycles. The van der Waals surface area contributed by atoms with Gasteiger partial charge in [-0.15, -0.1) is 24.2 Å². The molecule has 0 saturated carbocycles. The van der Waals surface area contributed by atoms with E-state index in [1.165, 1.54) is 6.42 Å². The summed E-state index contributed by atoms with van der Waals surface area (Å²) >= 11 is 1.80. The highest BCUT2D eigenvalue weighted by molar-refractivity contribution is 7.99. The number of nitrogens with zero attached hydrogens (tertiary/aromatic N) is 1. The molecule has 2 aliphatic rings. The Labute approximate surface area is 113 Å². The second kappa shape index (κ2) is 7.46. The smallest absolute Gasteiger partial charge is 0.240 e. The van der Waals surface area contributed by atoms with E-state index in [2.05, 4.69) is 5.32 Å². The summed E-state index contributed by atoms with van der Waals surface area (Å²) in [5.41, 5.74) is 0. The van der Waals surface area contributed by atoms with Crippen molar-refractivity contribution in [2.45, 2.75) is 18.9 Å². The van der Waals surface area contributed by atoms with Gasteiger partial charge in [0.05, 0.1) is 12.6 Å². The zero-order valence-electron chi connectivity index (χ0n) is 10.2. The van der Waals surface area contributed by atoms with Crippen LogP contribution in [0.15, 0.2) is 0 Å². The lowest BCUT2D eigenvalue weighted by molar-refractivity contribution is -0.134. The predicted molar refractivity (Wildman–Crippen MR) is 72.7 cm³/mol. The number of ether oxygens (including phenoxy) is 1. The van der Waals surface area contributed by atoms with Crippen LogP contribution in [-0.4, -0.2) is 55.3 Å². The predicted octanol–water partition coefficient (Wildman–Crippen LogP) is 0.956. The fraction of sp³-hybridized carbons (Fsp3) is 0.909. The van der Waals surface area contributed by atoms with Gasteiger partial charge in [0, 0.05) is 31.8 Å². The Hall–Kier alpha value is 0.0300. The summed E-state index contributed by atoms with van der Waals surface area (Å²) in [5.74, 6) is 2.64. The number of piperidine rings is 1. The average molecular weight is 281 g/mol. The quantitative estimate of drug-likeness (QED) is 0.836. The van der Waals surface area contributed by atoms with Crippen molar-refractivity contribution in [1.82, 2.24) is 10.2 Å². The molecule has 2 heterocycles. The molecule has 0 bridgehead atoms. The number of halogens is 1. The number of nitrogens with one attached hydrogen (secondary N) is 1. The molecule has 2 rings (SSSR count). The number of thioether (sulfide) groups is 1. The molecule has 1 amide bonds. The van der Waals surface area contributed by atoms with Crippen LogP contribution in [-0.2, 0) is 9.53 Å². The summed E-state index contributed by atoms with van der Waals surface area (Å²) in [5, 5.41) is 3.24. The van der Waals surface area contributed by atoms with E-state index < -0.39 is 0 Å². The van der Waals surface area contributed by atoms with E-state index in [4.69, 9.17) is 4.74 Å². The van der Waals surface area contributed by atoms with Gasteiger partial charge in [0.1, 0.15) is 0 Å². The molecule has 6 heteroatoms. The maximum atomic E-state index is 12.2. The Morgan fingerprint density at radius 1 is 1.59 bits per heavy atom. The minimum absolute atomic E-state index is 0. The number of amides is 1. The normalized spacial score (nSPS) is 28.9. The minimum Gasteiger partial charge on any atom is -0.384 e. The molecule has 2 saturated heterocycles. The highest BCUT2D eigenvalue weighted by Gasteiger charge is 2.30. The second-order valence-corrected chi connectivity index (χ2v) is 5.55. The molecule has 2 fully saturated rings. The highest BCUT2D eigenvalue weighted by Crippen LogP contribution is 2.19. The van der Waals surface area contributed by atoms with E-state index in [-0.39, 0.29) is 24.4 Å². The first-order chi connectivity index (χ1) is 7.81. The first kappa shape index (κ1) is 15.1. The van der Waals surface area contributed by atoms with E-state index in [1.54, 1.807) is 18.9 Å². The number of carbonyl (C=O) groups is 1. The molecule has 0 aliphatic carbocycles. The summed E-state index contributed by atoms with van der Waals surface area (Å²) in [7, 11) is 1.73. The maximum Gasteiger partial charge on any atom is 0.240 e. The van der Waals surface area contributed by atoms with Gasteiger partial charge in [-0.05, 0) is 18.8 Å². The van der Waals surface area contributed by atoms with Crippen LogP contribution in [0, 0.1) is 5.92 Å². The number of hydrogen-bond acceptors (Lipinski definition) is 4. The Bertz CT molecular complexity index is 248. The standard InChI is InChI=1S/C11H20N2O2S.ClH/c1-15-6-9-3-2-4-13(5-9)11(14)10-7-16-8-12-10;/h9-10,12H,2-8H2,1H3;1H. The van der Waals surface area contributed by atoms with Crippen molar-refractivity contribution in [2.24, 2.45) is 5.92 Å². The molecule has 100 valence electrons. The largest absolute Gasteiger partial charge is 0.384 e. The molecule has 0 aromatic rings. The van der Waals surface area contributed by atoms with Crippen LogP contribution in [0.5, 0.6) is 0 Å². The SMILES string of the molecule is COCC1CCCN(C(=O)C2CSCN2)C1.Cl. The minimum atomic E-state index is 0. The fourth-order valence-corrected chi connectivity index (χ4v) is 3.34. The summed E-state index contributed by atoms with van der Waals surface area (Å²) in [4.78, 5) is 14.2. The van der Waals surface area contributed by atoms with Crippen molar-refractivity contribution < 1.29 is 9.53 Å². The van der Waals surface area contributed by atoms with Gasteiger partial charge in [-0.2, -0.15) is 0 Å². The van der Waals surface area contributed by atoms with Gasteiger partial charge in [0.25, 0.3) is 0 Å². The summed E-state index contributed by atoms with van der Waals surface area (Å²) in [6.07, 6.45) is 2.30. The molecular formula is C11H21ClN2O2S. The topological polar surface area (TPSA) is 41.6 Å².